The van der Waals surface area contributed by atoms with Crippen molar-refractivity contribution < 1.29 is 0 Å². The predicted molar refractivity (Wildman–Crippen MR) is 54.2 cm³/mol. The summed E-state index contributed by atoms with van der Waals surface area (Å²) in [7, 11) is 2.07. The van der Waals surface area contributed by atoms with Crippen LogP contribution in [0.15, 0.2) is 12.7 Å². The van der Waals surface area contributed by atoms with Crippen molar-refractivity contribution in [3.8, 4) is 0 Å². The van der Waals surface area contributed by atoms with Gasteiger partial charge in [-0.25, -0.2) is 0 Å². The molecule has 0 amide bonds. The monoisotopic (exact) mass is 167 g/mol. The van der Waals surface area contributed by atoms with Gasteiger partial charge in [-0.1, -0.05) is 19.9 Å². The molecule has 0 aromatic carbocycles. The third kappa shape index (κ3) is 2.10. The van der Waals surface area contributed by atoms with Gasteiger partial charge in [-0.05, 0) is 37.6 Å². The third-order valence-electron chi connectivity index (χ3n) is 3.13. The number of rotatable bonds is 5. The lowest BCUT2D eigenvalue weighted by Crippen LogP contribution is -2.28. The number of allylic oxidation sites excluding steroid dienone is 1. The Morgan fingerprint density at radius 3 is 2.58 bits per heavy atom. The van der Waals surface area contributed by atoms with Gasteiger partial charge in [-0.2, -0.15) is 0 Å². The molecule has 0 saturated heterocycles. The molecule has 1 rings (SSSR count). The summed E-state index contributed by atoms with van der Waals surface area (Å²) in [6, 6.07) is 0.706. The predicted octanol–water partition coefficient (Wildman–Crippen LogP) is 2.59. The highest BCUT2D eigenvalue weighted by atomic mass is 14.9. The van der Waals surface area contributed by atoms with E-state index in [2.05, 4.69) is 32.8 Å². The molecule has 1 fully saturated rings. The highest BCUT2D eigenvalue weighted by Gasteiger charge is 2.49. The molecule has 1 saturated carbocycles. The summed E-state index contributed by atoms with van der Waals surface area (Å²) in [4.78, 5) is 0. The molecule has 12 heavy (non-hydrogen) atoms. The topological polar surface area (TPSA) is 12.0 Å². The summed E-state index contributed by atoms with van der Waals surface area (Å²) in [5, 5.41) is 3.41. The van der Waals surface area contributed by atoms with E-state index in [1.807, 2.05) is 6.08 Å². The molecule has 1 heteroatoms. The van der Waals surface area contributed by atoms with E-state index in [4.69, 9.17) is 0 Å². The zero-order valence-electron chi connectivity index (χ0n) is 8.56. The van der Waals surface area contributed by atoms with E-state index in [0.29, 0.717) is 11.5 Å². The summed E-state index contributed by atoms with van der Waals surface area (Å²) in [6.07, 6.45) is 5.78. The van der Waals surface area contributed by atoms with Crippen molar-refractivity contribution in [3.63, 3.8) is 0 Å². The first-order chi connectivity index (χ1) is 5.61. The zero-order chi connectivity index (χ0) is 9.19. The SMILES string of the molecule is C=CCCC(NC)C1CC1(C)C. The normalized spacial score (nSPS) is 28.1. The van der Waals surface area contributed by atoms with Gasteiger partial charge in [0.15, 0.2) is 0 Å². The molecule has 0 radical (unpaired) electrons. The lowest BCUT2D eigenvalue weighted by Gasteiger charge is -2.16. The second-order valence-corrected chi connectivity index (χ2v) is 4.56. The molecule has 0 spiro atoms. The van der Waals surface area contributed by atoms with Crippen molar-refractivity contribution in [2.24, 2.45) is 11.3 Å². The Morgan fingerprint density at radius 2 is 2.25 bits per heavy atom. The second kappa shape index (κ2) is 3.61. The van der Waals surface area contributed by atoms with Gasteiger partial charge in [-0.15, -0.1) is 6.58 Å². The number of hydrogen-bond donors (Lipinski definition) is 1. The largest absolute Gasteiger partial charge is 0.317 e. The van der Waals surface area contributed by atoms with Crippen LogP contribution in [0.5, 0.6) is 0 Å². The van der Waals surface area contributed by atoms with Crippen molar-refractivity contribution in [1.29, 1.82) is 0 Å². The molecular weight excluding hydrogens is 146 g/mol. The second-order valence-electron chi connectivity index (χ2n) is 4.56. The van der Waals surface area contributed by atoms with Gasteiger partial charge in [0.25, 0.3) is 0 Å². The summed E-state index contributed by atoms with van der Waals surface area (Å²) >= 11 is 0. The lowest BCUT2D eigenvalue weighted by molar-refractivity contribution is 0.409. The fraction of sp³-hybridized carbons (Fsp3) is 0.818. The van der Waals surface area contributed by atoms with Gasteiger partial charge in [0.2, 0.25) is 0 Å². The molecule has 0 aromatic heterocycles. The highest BCUT2D eigenvalue weighted by molar-refractivity contribution is 5.01. The fourth-order valence-electron chi connectivity index (χ4n) is 2.04. The molecule has 70 valence electrons. The maximum atomic E-state index is 3.76. The smallest absolute Gasteiger partial charge is 0.0101 e. The van der Waals surface area contributed by atoms with Gasteiger partial charge >= 0.3 is 0 Å². The zero-order valence-corrected chi connectivity index (χ0v) is 8.56. The Bertz CT molecular complexity index is 160. The van der Waals surface area contributed by atoms with Gasteiger partial charge in [0, 0.05) is 6.04 Å². The van der Waals surface area contributed by atoms with Gasteiger partial charge in [0.05, 0.1) is 0 Å². The molecule has 0 bridgehead atoms. The molecule has 2 atom stereocenters. The van der Waals surface area contributed by atoms with E-state index in [1.54, 1.807) is 0 Å². The summed E-state index contributed by atoms with van der Waals surface area (Å²) in [5.41, 5.74) is 0.592. The molecule has 2 unspecified atom stereocenters. The Kier molecular flexibility index (Phi) is 2.94. The van der Waals surface area contributed by atoms with Crippen LogP contribution >= 0.6 is 0 Å². The van der Waals surface area contributed by atoms with Crippen LogP contribution in [0.2, 0.25) is 0 Å². The number of hydrogen-bond acceptors (Lipinski definition) is 1. The molecular formula is C11H21N. The van der Waals surface area contributed by atoms with Crippen molar-refractivity contribution in [3.05, 3.63) is 12.7 Å². The first-order valence-electron chi connectivity index (χ1n) is 4.90. The van der Waals surface area contributed by atoms with Crippen LogP contribution in [-0.4, -0.2) is 13.1 Å². The van der Waals surface area contributed by atoms with Gasteiger partial charge < -0.3 is 5.32 Å². The molecule has 1 N–H and O–H groups in total. The van der Waals surface area contributed by atoms with E-state index in [0.717, 1.165) is 12.3 Å². The van der Waals surface area contributed by atoms with Crippen LogP contribution in [-0.2, 0) is 0 Å². The van der Waals surface area contributed by atoms with Crippen LogP contribution in [0.1, 0.15) is 33.1 Å². The maximum absolute atomic E-state index is 3.76. The first-order valence-corrected chi connectivity index (χ1v) is 4.90. The van der Waals surface area contributed by atoms with E-state index in [-0.39, 0.29) is 0 Å². The minimum atomic E-state index is 0.592. The Labute approximate surface area is 76.2 Å². The van der Waals surface area contributed by atoms with E-state index < -0.39 is 0 Å². The summed E-state index contributed by atoms with van der Waals surface area (Å²) in [5.74, 6) is 0.891. The minimum absolute atomic E-state index is 0.592. The Morgan fingerprint density at radius 1 is 1.67 bits per heavy atom. The Balaban J connectivity index is 2.32. The van der Waals surface area contributed by atoms with Gasteiger partial charge in [0.1, 0.15) is 0 Å². The van der Waals surface area contributed by atoms with Crippen molar-refractivity contribution in [1.82, 2.24) is 5.32 Å². The van der Waals surface area contributed by atoms with Crippen LogP contribution < -0.4 is 5.32 Å². The van der Waals surface area contributed by atoms with E-state index in [9.17, 15) is 0 Å². The van der Waals surface area contributed by atoms with Crippen LogP contribution in [0.4, 0.5) is 0 Å². The molecule has 0 aliphatic heterocycles. The van der Waals surface area contributed by atoms with Crippen LogP contribution in [0.25, 0.3) is 0 Å². The fourth-order valence-corrected chi connectivity index (χ4v) is 2.04. The van der Waals surface area contributed by atoms with Crippen molar-refractivity contribution in [2.45, 2.75) is 39.2 Å². The summed E-state index contributed by atoms with van der Waals surface area (Å²) in [6.45, 7) is 8.47. The summed E-state index contributed by atoms with van der Waals surface area (Å²) < 4.78 is 0. The van der Waals surface area contributed by atoms with Crippen LogP contribution in [0.3, 0.4) is 0 Å². The third-order valence-corrected chi connectivity index (χ3v) is 3.13. The van der Waals surface area contributed by atoms with Crippen LogP contribution in [0, 0.1) is 11.3 Å². The van der Waals surface area contributed by atoms with E-state index in [1.165, 1.54) is 12.8 Å². The molecule has 1 aliphatic rings. The van der Waals surface area contributed by atoms with Gasteiger partial charge in [-0.3, -0.25) is 0 Å². The van der Waals surface area contributed by atoms with Crippen molar-refractivity contribution in [2.75, 3.05) is 7.05 Å². The molecule has 0 aromatic rings. The van der Waals surface area contributed by atoms with Crippen molar-refractivity contribution >= 4 is 0 Å². The standard InChI is InChI=1S/C11H21N/c1-5-6-7-10(12-4)9-8-11(9,2)3/h5,9-10,12H,1,6-8H2,2-4H3. The average molecular weight is 167 g/mol. The lowest BCUT2D eigenvalue weighted by atomic mass is 10.00. The maximum Gasteiger partial charge on any atom is 0.0101 e. The molecule has 1 aliphatic carbocycles. The van der Waals surface area contributed by atoms with E-state index >= 15 is 0 Å². The highest BCUT2D eigenvalue weighted by Crippen LogP contribution is 2.54. The molecule has 0 heterocycles. The molecule has 1 nitrogen and oxygen atoms in total. The first kappa shape index (κ1) is 9.79. The average Bonchev–Trinajstić information content (AvgIpc) is 2.62. The minimum Gasteiger partial charge on any atom is -0.317 e. The Hall–Kier alpha value is -0.300. The quantitative estimate of drug-likeness (QED) is 0.621. The number of nitrogens with one attached hydrogen (secondary N) is 1.